The molecule has 8 heteroatoms. The van der Waals surface area contributed by atoms with Gasteiger partial charge in [0, 0.05) is 50.5 Å². The van der Waals surface area contributed by atoms with Crippen LogP contribution in [0, 0.1) is 0 Å². The molecule has 2 aliphatic rings. The molecular formula is C22H39IN4O2S. The maximum atomic E-state index is 6.13. The van der Waals surface area contributed by atoms with Gasteiger partial charge < -0.3 is 19.7 Å². The van der Waals surface area contributed by atoms with Gasteiger partial charge in [-0.05, 0) is 32.1 Å². The van der Waals surface area contributed by atoms with Gasteiger partial charge in [-0.15, -0.1) is 35.3 Å². The van der Waals surface area contributed by atoms with Crippen LogP contribution in [-0.2, 0) is 21.3 Å². The lowest BCUT2D eigenvalue weighted by atomic mass is 9.93. The standard InChI is InChI=1S/C22H38N4O2S.HI/c1-22(2,3)19-16-29-20(25-19)8-11-24-21(23-4)26-12-9-17(10-13-26)28-15-18-7-5-6-14-27-18;/h16-18H,5-15H2,1-4H3,(H,23,24);1H. The van der Waals surface area contributed by atoms with E-state index < -0.39 is 0 Å². The Morgan fingerprint density at radius 1 is 1.30 bits per heavy atom. The third-order valence-electron chi connectivity index (χ3n) is 5.69. The summed E-state index contributed by atoms with van der Waals surface area (Å²) in [4.78, 5) is 11.6. The fourth-order valence-corrected chi connectivity index (χ4v) is 4.83. The van der Waals surface area contributed by atoms with E-state index in [9.17, 15) is 0 Å². The molecule has 2 fully saturated rings. The molecule has 30 heavy (non-hydrogen) atoms. The predicted molar refractivity (Wildman–Crippen MR) is 135 cm³/mol. The number of nitrogens with one attached hydrogen (secondary N) is 1. The lowest BCUT2D eigenvalue weighted by Crippen LogP contribution is -2.47. The zero-order valence-electron chi connectivity index (χ0n) is 19.0. The molecule has 1 N–H and O–H groups in total. The minimum Gasteiger partial charge on any atom is -0.376 e. The van der Waals surface area contributed by atoms with Crippen molar-refractivity contribution in [3.05, 3.63) is 16.1 Å². The summed E-state index contributed by atoms with van der Waals surface area (Å²) in [5.41, 5.74) is 1.30. The monoisotopic (exact) mass is 550 g/mol. The quantitative estimate of drug-likeness (QED) is 0.327. The topological polar surface area (TPSA) is 59.0 Å². The van der Waals surface area contributed by atoms with Crippen molar-refractivity contribution >= 4 is 41.3 Å². The van der Waals surface area contributed by atoms with E-state index in [4.69, 9.17) is 14.5 Å². The van der Waals surface area contributed by atoms with Crippen molar-refractivity contribution in [3.8, 4) is 0 Å². The molecular weight excluding hydrogens is 511 g/mol. The van der Waals surface area contributed by atoms with Crippen LogP contribution in [0.1, 0.15) is 63.6 Å². The number of likely N-dealkylation sites (tertiary alicyclic amines) is 1. The minimum absolute atomic E-state index is 0. The van der Waals surface area contributed by atoms with Crippen LogP contribution in [-0.4, -0.2) is 67.9 Å². The first-order valence-corrected chi connectivity index (χ1v) is 12.0. The van der Waals surface area contributed by atoms with Crippen LogP contribution in [0.4, 0.5) is 0 Å². The predicted octanol–water partition coefficient (Wildman–Crippen LogP) is 4.23. The van der Waals surface area contributed by atoms with E-state index in [2.05, 4.69) is 41.4 Å². The van der Waals surface area contributed by atoms with Crippen LogP contribution in [0.15, 0.2) is 10.4 Å². The van der Waals surface area contributed by atoms with E-state index in [1.54, 1.807) is 11.3 Å². The second-order valence-electron chi connectivity index (χ2n) is 9.11. The van der Waals surface area contributed by atoms with Crippen molar-refractivity contribution in [1.82, 2.24) is 15.2 Å². The number of piperidine rings is 1. The number of thiazole rings is 1. The molecule has 172 valence electrons. The van der Waals surface area contributed by atoms with Crippen molar-refractivity contribution in [1.29, 1.82) is 0 Å². The third kappa shape index (κ3) is 7.91. The lowest BCUT2D eigenvalue weighted by Gasteiger charge is -2.35. The van der Waals surface area contributed by atoms with Crippen molar-refractivity contribution < 1.29 is 9.47 Å². The van der Waals surface area contributed by atoms with Crippen molar-refractivity contribution in [2.24, 2.45) is 4.99 Å². The average Bonchev–Trinajstić information content (AvgIpc) is 3.21. The molecule has 1 aromatic rings. The molecule has 3 rings (SSSR count). The molecule has 6 nitrogen and oxygen atoms in total. The summed E-state index contributed by atoms with van der Waals surface area (Å²) < 4.78 is 11.9. The Kier molecular flexibility index (Phi) is 10.8. The Bertz CT molecular complexity index is 648. The van der Waals surface area contributed by atoms with Crippen molar-refractivity contribution in [2.45, 2.75) is 76.9 Å². The molecule has 3 heterocycles. The molecule has 2 aliphatic heterocycles. The van der Waals surface area contributed by atoms with E-state index in [0.29, 0.717) is 12.2 Å². The van der Waals surface area contributed by atoms with Crippen LogP contribution in [0.2, 0.25) is 0 Å². The number of hydrogen-bond donors (Lipinski definition) is 1. The Labute approximate surface area is 203 Å². The molecule has 1 aromatic heterocycles. The zero-order valence-corrected chi connectivity index (χ0v) is 22.1. The zero-order chi connectivity index (χ0) is 20.7. The van der Waals surface area contributed by atoms with Crippen LogP contribution >= 0.6 is 35.3 Å². The first kappa shape index (κ1) is 25.8. The van der Waals surface area contributed by atoms with E-state index in [0.717, 1.165) is 64.5 Å². The molecule has 2 saturated heterocycles. The maximum absolute atomic E-state index is 6.13. The van der Waals surface area contributed by atoms with E-state index >= 15 is 0 Å². The van der Waals surface area contributed by atoms with Crippen LogP contribution in [0.25, 0.3) is 0 Å². The number of hydrogen-bond acceptors (Lipinski definition) is 5. The highest BCUT2D eigenvalue weighted by molar-refractivity contribution is 14.0. The Morgan fingerprint density at radius 3 is 2.67 bits per heavy atom. The van der Waals surface area contributed by atoms with Crippen LogP contribution < -0.4 is 5.32 Å². The highest BCUT2D eigenvalue weighted by atomic mass is 127. The van der Waals surface area contributed by atoms with Gasteiger partial charge in [-0.2, -0.15) is 0 Å². The molecule has 0 saturated carbocycles. The van der Waals surface area contributed by atoms with Crippen LogP contribution in [0.5, 0.6) is 0 Å². The fraction of sp³-hybridized carbons (Fsp3) is 0.818. The van der Waals surface area contributed by atoms with Gasteiger partial charge in [-0.3, -0.25) is 4.99 Å². The molecule has 1 atom stereocenters. The summed E-state index contributed by atoms with van der Waals surface area (Å²) in [5.74, 6) is 0.992. The summed E-state index contributed by atoms with van der Waals surface area (Å²) in [5, 5.41) is 6.89. The molecule has 0 bridgehead atoms. The second kappa shape index (κ2) is 12.6. The number of nitrogens with zero attached hydrogens (tertiary/aromatic N) is 3. The number of ether oxygens (including phenoxy) is 2. The Hall–Kier alpha value is -0.450. The summed E-state index contributed by atoms with van der Waals surface area (Å²) >= 11 is 1.76. The van der Waals surface area contributed by atoms with Gasteiger partial charge in [-0.1, -0.05) is 20.8 Å². The van der Waals surface area contributed by atoms with E-state index in [1.165, 1.54) is 23.5 Å². The molecule has 0 spiro atoms. The second-order valence-corrected chi connectivity index (χ2v) is 10.1. The number of halogens is 1. The molecule has 0 aromatic carbocycles. The number of guanidine groups is 1. The fourth-order valence-electron chi connectivity index (χ4n) is 3.80. The molecule has 0 amide bonds. The minimum atomic E-state index is 0. The normalized spacial score (nSPS) is 21.4. The van der Waals surface area contributed by atoms with E-state index in [-0.39, 0.29) is 29.4 Å². The van der Waals surface area contributed by atoms with Crippen molar-refractivity contribution in [3.63, 3.8) is 0 Å². The lowest BCUT2D eigenvalue weighted by molar-refractivity contribution is -0.0721. The molecule has 1 unspecified atom stereocenters. The first-order valence-electron chi connectivity index (χ1n) is 11.1. The van der Waals surface area contributed by atoms with Crippen molar-refractivity contribution in [2.75, 3.05) is 39.9 Å². The van der Waals surface area contributed by atoms with Gasteiger partial charge >= 0.3 is 0 Å². The third-order valence-corrected chi connectivity index (χ3v) is 6.60. The molecule has 0 aliphatic carbocycles. The van der Waals surface area contributed by atoms with Gasteiger partial charge in [0.1, 0.15) is 0 Å². The van der Waals surface area contributed by atoms with Gasteiger partial charge in [0.2, 0.25) is 0 Å². The average molecular weight is 551 g/mol. The summed E-state index contributed by atoms with van der Waals surface area (Å²) in [6, 6.07) is 0. The van der Waals surface area contributed by atoms with E-state index in [1.807, 2.05) is 7.05 Å². The van der Waals surface area contributed by atoms with Gasteiger partial charge in [-0.25, -0.2) is 4.98 Å². The highest BCUT2D eigenvalue weighted by Gasteiger charge is 2.24. The summed E-state index contributed by atoms with van der Waals surface area (Å²) in [7, 11) is 1.87. The molecule has 0 radical (unpaired) electrons. The summed E-state index contributed by atoms with van der Waals surface area (Å²) in [6.45, 7) is 11.1. The smallest absolute Gasteiger partial charge is 0.193 e. The Morgan fingerprint density at radius 2 is 2.07 bits per heavy atom. The number of aromatic nitrogens is 1. The van der Waals surface area contributed by atoms with Gasteiger partial charge in [0.15, 0.2) is 5.96 Å². The Balaban J connectivity index is 0.00000320. The largest absolute Gasteiger partial charge is 0.376 e. The SMILES string of the molecule is CN=C(NCCc1nc(C(C)(C)C)cs1)N1CCC(OCC2CCCCO2)CC1.I. The highest BCUT2D eigenvalue weighted by Crippen LogP contribution is 2.24. The first-order chi connectivity index (χ1) is 14.0. The van der Waals surface area contributed by atoms with Gasteiger partial charge in [0.25, 0.3) is 0 Å². The maximum Gasteiger partial charge on any atom is 0.193 e. The van der Waals surface area contributed by atoms with Crippen LogP contribution in [0.3, 0.4) is 0 Å². The number of aliphatic imine (C=N–C) groups is 1. The summed E-state index contributed by atoms with van der Waals surface area (Å²) in [6.07, 6.45) is 7.30. The van der Waals surface area contributed by atoms with Gasteiger partial charge in [0.05, 0.1) is 29.5 Å². The number of rotatable bonds is 6.